The molecule has 20 heavy (non-hydrogen) atoms. The summed E-state index contributed by atoms with van der Waals surface area (Å²) in [7, 11) is 0. The average molecular weight is 358 g/mol. The molecule has 0 aliphatic heterocycles. The largest absolute Gasteiger partial charge is 0.489 e. The smallest absolute Gasteiger partial charge is 0.157 e. The third-order valence-electron chi connectivity index (χ3n) is 2.06. The Morgan fingerprint density at radius 2 is 1.70 bits per heavy atom. The van der Waals surface area contributed by atoms with E-state index in [0.29, 0.717) is 21.5 Å². The van der Waals surface area contributed by atoms with Crippen molar-refractivity contribution in [3.8, 4) is 11.5 Å². The zero-order chi connectivity index (χ0) is 15.0. The molecule has 0 atom stereocenters. The van der Waals surface area contributed by atoms with Gasteiger partial charge >= 0.3 is 0 Å². The maximum Gasteiger partial charge on any atom is 0.157 e. The van der Waals surface area contributed by atoms with E-state index in [2.05, 4.69) is 0 Å². The summed E-state index contributed by atoms with van der Waals surface area (Å²) in [5, 5.41) is 9.25. The highest BCUT2D eigenvalue weighted by Crippen LogP contribution is 2.36. The Balaban J connectivity index is 2.70. The van der Waals surface area contributed by atoms with Crippen LogP contribution in [0.4, 0.5) is 0 Å². The molecule has 1 aromatic rings. The Hall–Kier alpha value is -0.580. The van der Waals surface area contributed by atoms with Gasteiger partial charge in [-0.3, -0.25) is 0 Å². The van der Waals surface area contributed by atoms with Crippen LogP contribution >= 0.6 is 46.4 Å². The molecule has 1 aromatic carbocycles. The van der Waals surface area contributed by atoms with Crippen molar-refractivity contribution in [1.29, 1.82) is 0 Å². The van der Waals surface area contributed by atoms with E-state index in [1.807, 2.05) is 0 Å². The lowest BCUT2D eigenvalue weighted by Gasteiger charge is -2.11. The van der Waals surface area contributed by atoms with Crippen molar-refractivity contribution in [2.24, 2.45) is 0 Å². The van der Waals surface area contributed by atoms with Gasteiger partial charge in [-0.1, -0.05) is 52.5 Å². The molecule has 0 saturated carbocycles. The fourth-order valence-electron chi connectivity index (χ4n) is 1.23. The number of hydrogen-bond donors (Lipinski definition) is 1. The van der Waals surface area contributed by atoms with Gasteiger partial charge in [-0.25, -0.2) is 0 Å². The van der Waals surface area contributed by atoms with Crippen molar-refractivity contribution in [3.05, 3.63) is 44.9 Å². The van der Waals surface area contributed by atoms with Crippen molar-refractivity contribution >= 4 is 46.4 Å². The number of aliphatic hydroxyl groups excluding tert-OH is 1. The number of hydrogen-bond acceptors (Lipinski definition) is 3. The molecule has 0 aliphatic rings. The van der Waals surface area contributed by atoms with Gasteiger partial charge in [0.15, 0.2) is 5.75 Å². The Kier molecular flexibility index (Phi) is 8.19. The van der Waals surface area contributed by atoms with Crippen LogP contribution in [0.15, 0.2) is 34.9 Å². The first-order chi connectivity index (χ1) is 9.54. The molecule has 0 saturated heterocycles. The molecule has 3 nitrogen and oxygen atoms in total. The quantitative estimate of drug-likeness (QED) is 0.723. The molecule has 110 valence electrons. The first kappa shape index (κ1) is 17.5. The van der Waals surface area contributed by atoms with E-state index in [0.717, 1.165) is 0 Å². The number of halogens is 4. The second-order valence-corrected chi connectivity index (χ2v) is 5.31. The zero-order valence-electron chi connectivity index (χ0n) is 10.3. The van der Waals surface area contributed by atoms with Gasteiger partial charge in [0.1, 0.15) is 23.5 Å². The minimum absolute atomic E-state index is 0.0474. The van der Waals surface area contributed by atoms with Gasteiger partial charge in [-0.15, -0.1) is 0 Å². The minimum Gasteiger partial charge on any atom is -0.489 e. The van der Waals surface area contributed by atoms with Crippen molar-refractivity contribution < 1.29 is 14.6 Å². The standard InChI is InChI=1S/C13H12Cl4O3/c14-10-7-9(19-6-3-12(16)17)8-11(15)13(10)20-5-2-1-4-18/h1-3,7-8,18H,4-6H2/b2-1-. The highest BCUT2D eigenvalue weighted by molar-refractivity contribution is 6.55. The van der Waals surface area contributed by atoms with Crippen LogP contribution in [0.5, 0.6) is 11.5 Å². The molecule has 1 N–H and O–H groups in total. The molecule has 1 rings (SSSR count). The average Bonchev–Trinajstić information content (AvgIpc) is 2.36. The lowest BCUT2D eigenvalue weighted by molar-refractivity contribution is 0.335. The van der Waals surface area contributed by atoms with E-state index in [-0.39, 0.29) is 24.3 Å². The van der Waals surface area contributed by atoms with Gasteiger partial charge in [0.05, 0.1) is 16.7 Å². The number of ether oxygens (including phenoxy) is 2. The predicted octanol–water partition coefficient (Wildman–Crippen LogP) is 4.62. The van der Waals surface area contributed by atoms with Gasteiger partial charge in [-0.2, -0.15) is 0 Å². The second kappa shape index (κ2) is 9.37. The lowest BCUT2D eigenvalue weighted by atomic mass is 10.3. The lowest BCUT2D eigenvalue weighted by Crippen LogP contribution is -1.98. The van der Waals surface area contributed by atoms with Gasteiger partial charge in [0, 0.05) is 12.1 Å². The Morgan fingerprint density at radius 1 is 1.05 bits per heavy atom. The van der Waals surface area contributed by atoms with E-state index in [1.54, 1.807) is 24.3 Å². The molecule has 0 unspecified atom stereocenters. The van der Waals surface area contributed by atoms with Gasteiger partial charge in [0.25, 0.3) is 0 Å². The molecule has 0 aromatic heterocycles. The zero-order valence-corrected chi connectivity index (χ0v) is 13.3. The van der Waals surface area contributed by atoms with Crippen LogP contribution in [-0.4, -0.2) is 24.9 Å². The first-order valence-corrected chi connectivity index (χ1v) is 7.07. The van der Waals surface area contributed by atoms with Gasteiger partial charge in [-0.05, 0) is 12.2 Å². The normalized spacial score (nSPS) is 10.7. The number of aliphatic hydroxyl groups is 1. The van der Waals surface area contributed by atoms with E-state index in [9.17, 15) is 0 Å². The summed E-state index contributed by atoms with van der Waals surface area (Å²) < 4.78 is 10.9. The van der Waals surface area contributed by atoms with E-state index >= 15 is 0 Å². The monoisotopic (exact) mass is 356 g/mol. The fourth-order valence-corrected chi connectivity index (χ4v) is 1.93. The number of benzene rings is 1. The molecule has 0 amide bonds. The Labute approximate surface area is 137 Å². The molecular formula is C13H12Cl4O3. The topological polar surface area (TPSA) is 38.7 Å². The van der Waals surface area contributed by atoms with E-state index < -0.39 is 0 Å². The van der Waals surface area contributed by atoms with Gasteiger partial charge in [0.2, 0.25) is 0 Å². The van der Waals surface area contributed by atoms with Crippen molar-refractivity contribution in [2.75, 3.05) is 19.8 Å². The highest BCUT2D eigenvalue weighted by Gasteiger charge is 2.10. The molecule has 0 fully saturated rings. The predicted molar refractivity (Wildman–Crippen MR) is 83.5 cm³/mol. The van der Waals surface area contributed by atoms with Crippen LogP contribution in [0, 0.1) is 0 Å². The molecular weight excluding hydrogens is 346 g/mol. The maximum absolute atomic E-state index is 8.60. The molecule has 0 aliphatic carbocycles. The highest BCUT2D eigenvalue weighted by atomic mass is 35.5. The molecule has 0 bridgehead atoms. The van der Waals surface area contributed by atoms with Crippen LogP contribution < -0.4 is 9.47 Å². The van der Waals surface area contributed by atoms with Gasteiger partial charge < -0.3 is 14.6 Å². The summed E-state index contributed by atoms with van der Waals surface area (Å²) in [4.78, 5) is 0. The van der Waals surface area contributed by atoms with E-state index in [4.69, 9.17) is 61.0 Å². The number of rotatable bonds is 7. The third-order valence-corrected chi connectivity index (χ3v) is 2.93. The van der Waals surface area contributed by atoms with Crippen LogP contribution in [0.25, 0.3) is 0 Å². The summed E-state index contributed by atoms with van der Waals surface area (Å²) >= 11 is 23.0. The summed E-state index contributed by atoms with van der Waals surface area (Å²) in [5.41, 5.74) is 0. The summed E-state index contributed by atoms with van der Waals surface area (Å²) in [5.74, 6) is 0.832. The van der Waals surface area contributed by atoms with E-state index in [1.165, 1.54) is 6.08 Å². The minimum atomic E-state index is -0.0474. The SMILES string of the molecule is OC/C=C\COc1c(Cl)cc(OCC=C(Cl)Cl)cc1Cl. The molecule has 0 heterocycles. The van der Waals surface area contributed by atoms with Crippen molar-refractivity contribution in [2.45, 2.75) is 0 Å². The summed E-state index contributed by atoms with van der Waals surface area (Å²) in [6, 6.07) is 3.16. The molecule has 0 spiro atoms. The molecule has 0 radical (unpaired) electrons. The molecule has 7 heteroatoms. The maximum atomic E-state index is 8.60. The van der Waals surface area contributed by atoms with Crippen LogP contribution in [-0.2, 0) is 0 Å². The van der Waals surface area contributed by atoms with Crippen LogP contribution in [0.3, 0.4) is 0 Å². The fraction of sp³-hybridized carbons (Fsp3) is 0.231. The van der Waals surface area contributed by atoms with Crippen LogP contribution in [0.2, 0.25) is 10.0 Å². The second-order valence-electron chi connectivity index (χ2n) is 3.49. The summed E-state index contributed by atoms with van der Waals surface area (Å²) in [6.07, 6.45) is 4.71. The third kappa shape index (κ3) is 6.25. The Morgan fingerprint density at radius 3 is 2.25 bits per heavy atom. The first-order valence-electron chi connectivity index (χ1n) is 5.56. The van der Waals surface area contributed by atoms with Crippen LogP contribution in [0.1, 0.15) is 0 Å². The van der Waals surface area contributed by atoms with Crippen molar-refractivity contribution in [1.82, 2.24) is 0 Å². The van der Waals surface area contributed by atoms with Crippen molar-refractivity contribution in [3.63, 3.8) is 0 Å². The summed E-state index contributed by atoms with van der Waals surface area (Å²) in [6.45, 7) is 0.410. The Bertz CT molecular complexity index is 473.